The number of nitrogens with two attached hydrogens (primary N) is 1. The average molecular weight is 392 g/mol. The maximum Gasteiger partial charge on any atom is 0.241 e. The molecule has 1 fully saturated rings. The third kappa shape index (κ3) is 4.22. The number of halogens is 2. The molecule has 1 heterocycles. The van der Waals surface area contributed by atoms with E-state index in [1.54, 1.807) is 13.0 Å². The molecule has 1 atom stereocenters. The van der Waals surface area contributed by atoms with Gasteiger partial charge < -0.3 is 16.3 Å². The molecule has 1 amide bonds. The Morgan fingerprint density at radius 1 is 1.33 bits per heavy atom. The predicted molar refractivity (Wildman–Crippen MR) is 104 cm³/mol. The summed E-state index contributed by atoms with van der Waals surface area (Å²) >= 11 is 6.18. The van der Waals surface area contributed by atoms with E-state index in [0.29, 0.717) is 26.6 Å². The lowest BCUT2D eigenvalue weighted by molar-refractivity contribution is -0.611. The molecule has 0 radical (unpaired) electrons. The molecule has 5 nitrogen and oxygen atoms in total. The number of anilines is 1. The number of hydrogen-bond acceptors (Lipinski definition) is 3. The van der Waals surface area contributed by atoms with E-state index in [2.05, 4.69) is 5.32 Å². The smallest absolute Gasteiger partial charge is 0.241 e. The van der Waals surface area contributed by atoms with Gasteiger partial charge in [0.25, 0.3) is 0 Å². The molecule has 1 aromatic carbocycles. The molecule has 1 aromatic heterocycles. The van der Waals surface area contributed by atoms with Crippen molar-refractivity contribution in [1.29, 1.82) is 0 Å². The number of rotatable bonds is 4. The number of carbonyl (C=O) groups excluding carboxylic acids is 1. The summed E-state index contributed by atoms with van der Waals surface area (Å²) in [4.78, 5) is 12.4. The first-order valence-corrected chi connectivity index (χ1v) is 9.51. The quantitative estimate of drug-likeness (QED) is 0.611. The van der Waals surface area contributed by atoms with Crippen LogP contribution in [0, 0.1) is 23.9 Å². The third-order valence-corrected chi connectivity index (χ3v) is 5.58. The lowest BCUT2D eigenvalue weighted by Crippen LogP contribution is -2.42. The van der Waals surface area contributed by atoms with Crippen molar-refractivity contribution >= 4 is 23.2 Å². The lowest BCUT2D eigenvalue weighted by atomic mass is 9.84. The van der Waals surface area contributed by atoms with E-state index < -0.39 is 11.9 Å². The topological polar surface area (TPSA) is 82.1 Å². The summed E-state index contributed by atoms with van der Waals surface area (Å²) in [6.45, 7) is 1.62. The molecule has 2 aromatic rings. The van der Waals surface area contributed by atoms with Crippen LogP contribution in [0.3, 0.4) is 0 Å². The molecule has 27 heavy (non-hydrogen) atoms. The Bertz CT molecular complexity index is 853. The van der Waals surface area contributed by atoms with Gasteiger partial charge in [0.05, 0.1) is 22.3 Å². The zero-order chi connectivity index (χ0) is 19.6. The van der Waals surface area contributed by atoms with Gasteiger partial charge in [-0.1, -0.05) is 36.9 Å². The fourth-order valence-corrected chi connectivity index (χ4v) is 3.96. The van der Waals surface area contributed by atoms with Gasteiger partial charge in [-0.25, -0.2) is 4.39 Å². The minimum Gasteiger partial charge on any atom is -0.618 e. The molecule has 3 rings (SSSR count). The maximum absolute atomic E-state index is 14.6. The van der Waals surface area contributed by atoms with Gasteiger partial charge in [-0.3, -0.25) is 4.79 Å². The van der Waals surface area contributed by atoms with Gasteiger partial charge in [0, 0.05) is 13.0 Å². The van der Waals surface area contributed by atoms with Crippen LogP contribution >= 0.6 is 11.6 Å². The fourth-order valence-electron chi connectivity index (χ4n) is 3.65. The Labute approximate surface area is 162 Å². The van der Waals surface area contributed by atoms with E-state index in [1.165, 1.54) is 30.8 Å². The molecule has 0 aliphatic heterocycles. The van der Waals surface area contributed by atoms with Crippen LogP contribution in [0.25, 0.3) is 11.1 Å². The van der Waals surface area contributed by atoms with Crippen LogP contribution in [-0.2, 0) is 4.79 Å². The maximum atomic E-state index is 14.6. The van der Waals surface area contributed by atoms with Gasteiger partial charge in [0.15, 0.2) is 11.9 Å². The van der Waals surface area contributed by atoms with Gasteiger partial charge in [0.2, 0.25) is 5.91 Å². The highest BCUT2D eigenvalue weighted by Crippen LogP contribution is 2.32. The minimum absolute atomic E-state index is 0.0646. The predicted octanol–water partition coefficient (Wildman–Crippen LogP) is 3.93. The molecule has 0 bridgehead atoms. The fraction of sp³-hybridized carbons (Fsp3) is 0.400. The van der Waals surface area contributed by atoms with Crippen LogP contribution in [0.5, 0.6) is 0 Å². The summed E-state index contributed by atoms with van der Waals surface area (Å²) < 4.78 is 15.3. The average Bonchev–Trinajstić information content (AvgIpc) is 2.67. The highest BCUT2D eigenvalue weighted by atomic mass is 35.5. The van der Waals surface area contributed by atoms with Crippen molar-refractivity contribution in [3.8, 4) is 11.1 Å². The second-order valence-electron chi connectivity index (χ2n) is 7.06. The van der Waals surface area contributed by atoms with Crippen molar-refractivity contribution in [2.75, 3.05) is 5.32 Å². The SMILES string of the molecule is Cc1c(-c2ccc(NC(=O)[C@@H](N)C3CCCCC3)c(F)c2)c(Cl)cc[n+]1[O-]. The lowest BCUT2D eigenvalue weighted by Gasteiger charge is -2.26. The van der Waals surface area contributed by atoms with Crippen LogP contribution < -0.4 is 15.8 Å². The molecule has 144 valence electrons. The van der Waals surface area contributed by atoms with Gasteiger partial charge in [-0.05, 0) is 36.5 Å². The highest BCUT2D eigenvalue weighted by Gasteiger charge is 2.27. The summed E-state index contributed by atoms with van der Waals surface area (Å²) in [6, 6.07) is 5.17. The first kappa shape index (κ1) is 19.6. The van der Waals surface area contributed by atoms with E-state index in [4.69, 9.17) is 17.3 Å². The summed E-state index contributed by atoms with van der Waals surface area (Å²) in [7, 11) is 0. The molecular formula is C20H23ClFN3O2. The Hall–Kier alpha value is -2.18. The Morgan fingerprint density at radius 2 is 2.04 bits per heavy atom. The Kier molecular flexibility index (Phi) is 5.97. The zero-order valence-corrected chi connectivity index (χ0v) is 15.9. The van der Waals surface area contributed by atoms with Crippen molar-refractivity contribution < 1.29 is 13.9 Å². The van der Waals surface area contributed by atoms with E-state index >= 15 is 0 Å². The van der Waals surface area contributed by atoms with Crippen LogP contribution in [0.4, 0.5) is 10.1 Å². The van der Waals surface area contributed by atoms with Crippen molar-refractivity contribution in [3.05, 3.63) is 52.2 Å². The van der Waals surface area contributed by atoms with Crippen LogP contribution in [0.2, 0.25) is 5.02 Å². The Morgan fingerprint density at radius 3 is 2.70 bits per heavy atom. The van der Waals surface area contributed by atoms with Crippen LogP contribution in [0.15, 0.2) is 30.5 Å². The summed E-state index contributed by atoms with van der Waals surface area (Å²) in [6.07, 6.45) is 6.48. The van der Waals surface area contributed by atoms with Crippen LogP contribution in [0.1, 0.15) is 37.8 Å². The normalized spacial score (nSPS) is 16.1. The molecule has 0 saturated heterocycles. The molecule has 0 spiro atoms. The molecule has 7 heteroatoms. The third-order valence-electron chi connectivity index (χ3n) is 5.26. The number of carbonyl (C=O) groups is 1. The highest BCUT2D eigenvalue weighted by molar-refractivity contribution is 6.33. The first-order valence-electron chi connectivity index (χ1n) is 9.13. The van der Waals surface area contributed by atoms with Crippen LogP contribution in [-0.4, -0.2) is 11.9 Å². The van der Waals surface area contributed by atoms with Crippen molar-refractivity contribution in [2.24, 2.45) is 11.7 Å². The number of pyridine rings is 1. The van der Waals surface area contributed by atoms with E-state index in [0.717, 1.165) is 25.7 Å². The van der Waals surface area contributed by atoms with E-state index in [1.807, 2.05) is 0 Å². The van der Waals surface area contributed by atoms with Gasteiger partial charge in [0.1, 0.15) is 5.82 Å². The van der Waals surface area contributed by atoms with E-state index in [-0.39, 0.29) is 17.5 Å². The second kappa shape index (κ2) is 8.23. The molecule has 1 aliphatic carbocycles. The number of nitrogens with zero attached hydrogens (tertiary/aromatic N) is 1. The zero-order valence-electron chi connectivity index (χ0n) is 15.2. The van der Waals surface area contributed by atoms with Crippen molar-refractivity contribution in [2.45, 2.75) is 45.1 Å². The second-order valence-corrected chi connectivity index (χ2v) is 7.46. The summed E-state index contributed by atoms with van der Waals surface area (Å²) in [5.41, 5.74) is 7.45. The summed E-state index contributed by atoms with van der Waals surface area (Å²) in [5, 5.41) is 14.7. The van der Waals surface area contributed by atoms with Gasteiger partial charge in [-0.2, -0.15) is 4.73 Å². The molecule has 1 aliphatic rings. The standard InChI is InChI=1S/C20H23ClFN3O2/c1-12-18(15(21)9-10-25(12)27)14-7-8-17(16(22)11-14)24-20(26)19(23)13-5-3-2-4-6-13/h7-11,13,19H,2-6,23H2,1H3,(H,24,26)/t19-/m0/s1. The number of benzene rings is 1. The number of amides is 1. The summed E-state index contributed by atoms with van der Waals surface area (Å²) in [5.74, 6) is -0.840. The molecule has 1 saturated carbocycles. The van der Waals surface area contributed by atoms with Crippen molar-refractivity contribution in [1.82, 2.24) is 0 Å². The van der Waals surface area contributed by atoms with E-state index in [9.17, 15) is 14.4 Å². The Balaban J connectivity index is 1.79. The number of nitrogens with one attached hydrogen (secondary N) is 1. The molecule has 0 unspecified atom stereocenters. The monoisotopic (exact) mass is 391 g/mol. The minimum atomic E-state index is -0.644. The van der Waals surface area contributed by atoms with Crippen molar-refractivity contribution in [3.63, 3.8) is 0 Å². The first-order chi connectivity index (χ1) is 12.9. The largest absolute Gasteiger partial charge is 0.618 e. The number of hydrogen-bond donors (Lipinski definition) is 2. The molecule has 3 N–H and O–H groups in total. The van der Waals surface area contributed by atoms with Gasteiger partial charge >= 0.3 is 0 Å². The van der Waals surface area contributed by atoms with Gasteiger partial charge in [-0.15, -0.1) is 0 Å². The number of aromatic nitrogens is 1. The molecular weight excluding hydrogens is 369 g/mol.